The van der Waals surface area contributed by atoms with Crippen LogP contribution in [0.25, 0.3) is 0 Å². The van der Waals surface area contributed by atoms with Crippen molar-refractivity contribution in [3.05, 3.63) is 65.7 Å². The van der Waals surface area contributed by atoms with Crippen LogP contribution in [0.15, 0.2) is 53.7 Å². The quantitative estimate of drug-likeness (QED) is 0.427. The first-order valence-corrected chi connectivity index (χ1v) is 9.88. The second-order valence-corrected chi connectivity index (χ2v) is 7.03. The minimum absolute atomic E-state index is 0.00208. The molecule has 3 aromatic rings. The van der Waals surface area contributed by atoms with E-state index < -0.39 is 11.7 Å². The third-order valence-electron chi connectivity index (χ3n) is 4.09. The van der Waals surface area contributed by atoms with Crippen molar-refractivity contribution in [1.82, 2.24) is 20.1 Å². The summed E-state index contributed by atoms with van der Waals surface area (Å²) in [5.41, 5.74) is -0.00208. The molecule has 152 valence electrons. The number of nitrogens with one attached hydrogen (secondary N) is 1. The largest absolute Gasteiger partial charge is 0.493 e. The number of para-hydroxylation sites is 2. The van der Waals surface area contributed by atoms with Crippen molar-refractivity contribution in [3.63, 3.8) is 0 Å². The van der Waals surface area contributed by atoms with E-state index in [9.17, 15) is 9.18 Å². The molecular formula is C20H21FN4O3S. The van der Waals surface area contributed by atoms with E-state index in [1.165, 1.54) is 30.0 Å². The first-order valence-electron chi connectivity index (χ1n) is 8.89. The molecular weight excluding hydrogens is 395 g/mol. The molecule has 0 aliphatic carbocycles. The molecule has 1 aromatic heterocycles. The summed E-state index contributed by atoms with van der Waals surface area (Å²) in [4.78, 5) is 12.1. The van der Waals surface area contributed by atoms with Gasteiger partial charge >= 0.3 is 0 Å². The number of amides is 1. The lowest BCUT2D eigenvalue weighted by atomic mass is 10.2. The molecule has 0 saturated heterocycles. The Morgan fingerprint density at radius 1 is 1.14 bits per heavy atom. The lowest BCUT2D eigenvalue weighted by molar-refractivity contribution is 0.0945. The smallest absolute Gasteiger partial charge is 0.254 e. The highest BCUT2D eigenvalue weighted by atomic mass is 32.2. The molecule has 2 aromatic carbocycles. The first kappa shape index (κ1) is 20.7. The molecule has 29 heavy (non-hydrogen) atoms. The number of thioether (sulfide) groups is 1. The zero-order valence-corrected chi connectivity index (χ0v) is 16.9. The lowest BCUT2D eigenvalue weighted by Gasteiger charge is -2.10. The van der Waals surface area contributed by atoms with Gasteiger partial charge in [-0.25, -0.2) is 4.39 Å². The summed E-state index contributed by atoms with van der Waals surface area (Å²) in [5, 5.41) is 11.6. The minimum atomic E-state index is -0.561. The van der Waals surface area contributed by atoms with E-state index in [1.807, 2.05) is 31.3 Å². The number of hydrogen-bond acceptors (Lipinski definition) is 6. The van der Waals surface area contributed by atoms with Crippen LogP contribution in [0, 0.1) is 5.82 Å². The summed E-state index contributed by atoms with van der Waals surface area (Å²) in [6.07, 6.45) is 0. The SMILES string of the molecule is COc1ccccc1OCCSc1nnc(CNC(=O)c2ccccc2F)n1C. The van der Waals surface area contributed by atoms with Gasteiger partial charge < -0.3 is 19.4 Å². The Kier molecular flexibility index (Phi) is 7.07. The van der Waals surface area contributed by atoms with Gasteiger partial charge in [-0.05, 0) is 24.3 Å². The summed E-state index contributed by atoms with van der Waals surface area (Å²) < 4.78 is 26.5. The van der Waals surface area contributed by atoms with E-state index in [0.717, 1.165) is 0 Å². The lowest BCUT2D eigenvalue weighted by Crippen LogP contribution is -2.25. The number of carbonyl (C=O) groups excluding carboxylic acids is 1. The number of aromatic nitrogens is 3. The van der Waals surface area contributed by atoms with E-state index in [2.05, 4.69) is 15.5 Å². The molecule has 0 aliphatic heterocycles. The van der Waals surface area contributed by atoms with Crippen molar-refractivity contribution in [1.29, 1.82) is 0 Å². The normalized spacial score (nSPS) is 10.6. The maximum atomic E-state index is 13.7. The number of methoxy groups -OCH3 is 1. The van der Waals surface area contributed by atoms with Crippen molar-refractivity contribution in [2.24, 2.45) is 7.05 Å². The van der Waals surface area contributed by atoms with Crippen LogP contribution in [0.5, 0.6) is 11.5 Å². The van der Waals surface area contributed by atoms with Crippen LogP contribution < -0.4 is 14.8 Å². The molecule has 1 amide bonds. The molecule has 1 heterocycles. The van der Waals surface area contributed by atoms with Crippen LogP contribution in [0.1, 0.15) is 16.2 Å². The van der Waals surface area contributed by atoms with Crippen molar-refractivity contribution >= 4 is 17.7 Å². The summed E-state index contributed by atoms with van der Waals surface area (Å²) in [6.45, 7) is 0.617. The van der Waals surface area contributed by atoms with Crippen LogP contribution in [0.2, 0.25) is 0 Å². The number of ether oxygens (including phenoxy) is 2. The number of hydrogen-bond donors (Lipinski definition) is 1. The van der Waals surface area contributed by atoms with Gasteiger partial charge in [-0.15, -0.1) is 10.2 Å². The van der Waals surface area contributed by atoms with Crippen molar-refractivity contribution in [2.75, 3.05) is 19.5 Å². The molecule has 0 fully saturated rings. The van der Waals surface area contributed by atoms with E-state index in [1.54, 1.807) is 17.7 Å². The van der Waals surface area contributed by atoms with Gasteiger partial charge in [0.25, 0.3) is 5.91 Å². The molecule has 0 bridgehead atoms. The number of benzene rings is 2. The third-order valence-corrected chi connectivity index (χ3v) is 5.08. The third kappa shape index (κ3) is 5.26. The van der Waals surface area contributed by atoms with E-state index in [0.29, 0.717) is 34.8 Å². The molecule has 0 spiro atoms. The molecule has 0 radical (unpaired) electrons. The van der Waals surface area contributed by atoms with Gasteiger partial charge in [0.2, 0.25) is 0 Å². The number of halogens is 1. The average Bonchev–Trinajstić information content (AvgIpc) is 3.09. The number of nitrogens with zero attached hydrogens (tertiary/aromatic N) is 3. The highest BCUT2D eigenvalue weighted by molar-refractivity contribution is 7.99. The zero-order chi connectivity index (χ0) is 20.6. The van der Waals surface area contributed by atoms with Gasteiger partial charge in [0, 0.05) is 12.8 Å². The highest BCUT2D eigenvalue weighted by Crippen LogP contribution is 2.26. The fourth-order valence-electron chi connectivity index (χ4n) is 2.55. The van der Waals surface area contributed by atoms with Crippen molar-refractivity contribution in [2.45, 2.75) is 11.7 Å². The Balaban J connectivity index is 1.49. The molecule has 0 aliphatic rings. The van der Waals surface area contributed by atoms with Gasteiger partial charge in [-0.2, -0.15) is 0 Å². The summed E-state index contributed by atoms with van der Waals surface area (Å²) in [6, 6.07) is 13.3. The molecule has 7 nitrogen and oxygen atoms in total. The second-order valence-electron chi connectivity index (χ2n) is 5.97. The van der Waals surface area contributed by atoms with Gasteiger partial charge in [0.15, 0.2) is 22.5 Å². The monoisotopic (exact) mass is 416 g/mol. The van der Waals surface area contributed by atoms with Gasteiger partial charge in [-0.1, -0.05) is 36.0 Å². The van der Waals surface area contributed by atoms with Crippen LogP contribution in [0.3, 0.4) is 0 Å². The van der Waals surface area contributed by atoms with E-state index >= 15 is 0 Å². The molecule has 3 rings (SSSR count). The number of carbonyl (C=O) groups is 1. The zero-order valence-electron chi connectivity index (χ0n) is 16.1. The topological polar surface area (TPSA) is 78.3 Å². The van der Waals surface area contributed by atoms with Gasteiger partial charge in [0.05, 0.1) is 25.8 Å². The standard InChI is InChI=1S/C20H21FN4O3S/c1-25-18(13-22-19(26)14-7-3-4-8-15(14)21)23-24-20(25)29-12-11-28-17-10-6-5-9-16(17)27-2/h3-10H,11-13H2,1-2H3,(H,22,26). The first-order chi connectivity index (χ1) is 14.1. The fraction of sp³-hybridized carbons (Fsp3) is 0.250. The Hall–Kier alpha value is -3.07. The Labute approximate surface area is 172 Å². The van der Waals surface area contributed by atoms with Crippen molar-refractivity contribution < 1.29 is 18.7 Å². The summed E-state index contributed by atoms with van der Waals surface area (Å²) >= 11 is 1.48. The van der Waals surface area contributed by atoms with Crippen LogP contribution in [0.4, 0.5) is 4.39 Å². The van der Waals surface area contributed by atoms with Gasteiger partial charge in [0.1, 0.15) is 5.82 Å². The maximum Gasteiger partial charge on any atom is 0.254 e. The Morgan fingerprint density at radius 2 is 1.86 bits per heavy atom. The molecule has 9 heteroatoms. The predicted molar refractivity (Wildman–Crippen MR) is 108 cm³/mol. The minimum Gasteiger partial charge on any atom is -0.493 e. The molecule has 1 N–H and O–H groups in total. The summed E-state index contributed by atoms with van der Waals surface area (Å²) in [7, 11) is 3.41. The fourth-order valence-corrected chi connectivity index (χ4v) is 3.29. The second kappa shape index (κ2) is 9.92. The summed E-state index contributed by atoms with van der Waals surface area (Å²) in [5.74, 6) is 1.54. The Morgan fingerprint density at radius 3 is 2.62 bits per heavy atom. The Bertz CT molecular complexity index is 980. The maximum absolute atomic E-state index is 13.7. The average molecular weight is 416 g/mol. The van der Waals surface area contributed by atoms with Crippen LogP contribution >= 0.6 is 11.8 Å². The molecule has 0 unspecified atom stereocenters. The predicted octanol–water partition coefficient (Wildman–Crippen LogP) is 3.06. The van der Waals surface area contributed by atoms with E-state index in [-0.39, 0.29) is 12.1 Å². The molecule has 0 atom stereocenters. The van der Waals surface area contributed by atoms with Crippen LogP contribution in [-0.2, 0) is 13.6 Å². The van der Waals surface area contributed by atoms with Crippen molar-refractivity contribution in [3.8, 4) is 11.5 Å². The molecule has 0 saturated carbocycles. The van der Waals surface area contributed by atoms with E-state index in [4.69, 9.17) is 9.47 Å². The highest BCUT2D eigenvalue weighted by Gasteiger charge is 2.14. The van der Waals surface area contributed by atoms with Gasteiger partial charge in [-0.3, -0.25) is 4.79 Å². The number of rotatable bonds is 9. The van der Waals surface area contributed by atoms with Crippen LogP contribution in [-0.4, -0.2) is 40.1 Å².